The molecule has 2 aromatic carbocycles. The van der Waals surface area contributed by atoms with Crippen LogP contribution in [0.5, 0.6) is 0 Å². The van der Waals surface area contributed by atoms with Gasteiger partial charge in [0, 0.05) is 64.6 Å². The molecule has 6 aromatic rings. The van der Waals surface area contributed by atoms with E-state index >= 15 is 0 Å². The Hall–Kier alpha value is -2.90. The Labute approximate surface area is 331 Å². The molecule has 0 aliphatic carbocycles. The third kappa shape index (κ3) is 8.11. The first-order valence-electron chi connectivity index (χ1n) is 18.5. The van der Waals surface area contributed by atoms with E-state index in [9.17, 15) is 9.90 Å². The molecule has 0 saturated carbocycles. The van der Waals surface area contributed by atoms with Crippen LogP contribution < -0.4 is 0 Å². The predicted molar refractivity (Wildman–Crippen MR) is 219 cm³/mol. The number of aliphatic hydroxyl groups excluding tert-OH is 1. The van der Waals surface area contributed by atoms with Crippen LogP contribution in [0, 0.1) is 29.7 Å². The minimum absolute atomic E-state index is 0. The van der Waals surface area contributed by atoms with E-state index in [0.717, 1.165) is 70.3 Å². The molecule has 6 rings (SSSR count). The first kappa shape index (κ1) is 41.8. The van der Waals surface area contributed by atoms with Crippen molar-refractivity contribution >= 4 is 69.8 Å². The molecule has 0 unspecified atom stereocenters. The maximum Gasteiger partial charge on any atom is 0.164 e. The standard InChI is InChI=1S/C29H27N2OS2.C15H28O2.Ir/c1-15(2)9-22-16(3)19-12-20-24(13-23(19)32-22)34-28-25(20)26(30-14-31-28)18-10-17-7-8-33-27(17)21(11-18)29(4,5)6;1-7-14(5,8-2)12(16)11-13(17)15(6,9-3)10-4;/h7-8,11-15H,9H2,1-6H3;11,16H,7-10H2,1-6H3;/q-1;;/b;12-11-;. The van der Waals surface area contributed by atoms with Crippen molar-refractivity contribution in [1.29, 1.82) is 0 Å². The molecule has 1 radical (unpaired) electrons. The van der Waals surface area contributed by atoms with Crippen molar-refractivity contribution in [2.45, 2.75) is 121 Å². The number of rotatable bonds is 10. The van der Waals surface area contributed by atoms with Gasteiger partial charge in [-0.2, -0.15) is 11.3 Å². The number of hydrogen-bond donors (Lipinski definition) is 1. The molecule has 0 fully saturated rings. The number of benzene rings is 2. The number of carbonyl (C=O) groups excluding carboxylic acids is 1. The number of hydrogen-bond acceptors (Lipinski definition) is 7. The number of carbonyl (C=O) groups is 1. The quantitative estimate of drug-likeness (QED) is 0.0842. The number of aromatic nitrogens is 2. The van der Waals surface area contributed by atoms with Gasteiger partial charge >= 0.3 is 0 Å². The van der Waals surface area contributed by atoms with Crippen molar-refractivity contribution in [3.05, 3.63) is 70.8 Å². The van der Waals surface area contributed by atoms with Gasteiger partial charge in [0.15, 0.2) is 5.78 Å². The minimum Gasteiger partial charge on any atom is -0.512 e. The third-order valence-corrected chi connectivity index (χ3v) is 13.2. The largest absolute Gasteiger partial charge is 0.512 e. The predicted octanol–water partition coefficient (Wildman–Crippen LogP) is 13.7. The Kier molecular flexibility index (Phi) is 13.1. The summed E-state index contributed by atoms with van der Waals surface area (Å²) in [6.45, 7) is 25.5. The molecule has 5 nitrogen and oxygen atoms in total. The fraction of sp³-hybridized carbons (Fsp3) is 0.477. The first-order chi connectivity index (χ1) is 24.0. The van der Waals surface area contributed by atoms with E-state index in [1.807, 2.05) is 41.5 Å². The zero-order valence-corrected chi connectivity index (χ0v) is 37.0. The SMILES string of the molecule is CCC(C)(CC)C(=O)/C=C(\O)C(C)(CC)CC.Cc1c(CC(C)C)oc2cc3sc4ncnc(-c5[c-]c6ccsc6c(C(C)(C)C)c5)c4c3cc12.[Ir]. The molecule has 4 aromatic heterocycles. The summed E-state index contributed by atoms with van der Waals surface area (Å²) in [4.78, 5) is 22.6. The first-order valence-corrected chi connectivity index (χ1v) is 20.2. The van der Waals surface area contributed by atoms with Crippen LogP contribution >= 0.6 is 22.7 Å². The fourth-order valence-corrected chi connectivity index (χ4v) is 8.65. The van der Waals surface area contributed by atoms with Gasteiger partial charge < -0.3 is 9.52 Å². The smallest absolute Gasteiger partial charge is 0.164 e. The molecule has 1 N–H and O–H groups in total. The number of thiophene rings is 2. The van der Waals surface area contributed by atoms with Crippen LogP contribution in [0.15, 0.2) is 52.2 Å². The average molecular weight is 916 g/mol. The molecule has 281 valence electrons. The van der Waals surface area contributed by atoms with Crippen LogP contribution in [0.1, 0.15) is 119 Å². The molecule has 8 heteroatoms. The fourth-order valence-electron chi connectivity index (χ4n) is 6.52. The van der Waals surface area contributed by atoms with E-state index in [1.165, 1.54) is 37.4 Å². The molecular formula is C44H55IrN2O3S2-. The van der Waals surface area contributed by atoms with Crippen molar-refractivity contribution in [2.24, 2.45) is 16.7 Å². The van der Waals surface area contributed by atoms with Gasteiger partial charge in [-0.1, -0.05) is 87.3 Å². The second-order valence-corrected chi connectivity index (χ2v) is 18.0. The Morgan fingerprint density at radius 2 is 1.62 bits per heavy atom. The van der Waals surface area contributed by atoms with Crippen molar-refractivity contribution < 1.29 is 34.4 Å². The van der Waals surface area contributed by atoms with Gasteiger partial charge in [-0.3, -0.25) is 9.78 Å². The molecule has 0 atom stereocenters. The molecule has 52 heavy (non-hydrogen) atoms. The Balaban J connectivity index is 0.000000289. The van der Waals surface area contributed by atoms with E-state index in [0.29, 0.717) is 5.92 Å². The molecule has 0 saturated heterocycles. The minimum atomic E-state index is -0.337. The molecule has 0 bridgehead atoms. The maximum atomic E-state index is 12.2. The summed E-state index contributed by atoms with van der Waals surface area (Å²) in [5, 5.41) is 16.9. The zero-order chi connectivity index (χ0) is 37.5. The topological polar surface area (TPSA) is 76.2 Å². The van der Waals surface area contributed by atoms with Crippen molar-refractivity contribution in [1.82, 2.24) is 9.97 Å². The van der Waals surface area contributed by atoms with Crippen LogP contribution in [-0.2, 0) is 36.7 Å². The molecular weight excluding hydrogens is 861 g/mol. The van der Waals surface area contributed by atoms with E-state index in [-0.39, 0.29) is 47.9 Å². The summed E-state index contributed by atoms with van der Waals surface area (Å²) in [6.07, 6.45) is 7.39. The Morgan fingerprint density at radius 1 is 0.962 bits per heavy atom. The van der Waals surface area contributed by atoms with Gasteiger partial charge in [0.2, 0.25) is 0 Å². The normalized spacial score (nSPS) is 12.9. The van der Waals surface area contributed by atoms with Crippen LogP contribution in [0.25, 0.3) is 52.6 Å². The van der Waals surface area contributed by atoms with E-state index in [2.05, 4.69) is 82.2 Å². The number of allylic oxidation sites excluding steroid dienone is 2. The summed E-state index contributed by atoms with van der Waals surface area (Å²) >= 11 is 3.50. The number of aryl methyl sites for hydroxylation is 1. The summed E-state index contributed by atoms with van der Waals surface area (Å²) < 4.78 is 8.78. The number of nitrogens with zero attached hydrogens (tertiary/aromatic N) is 2. The van der Waals surface area contributed by atoms with E-state index < -0.39 is 0 Å². The number of fused-ring (bicyclic) bond motifs is 5. The summed E-state index contributed by atoms with van der Waals surface area (Å²) in [6, 6.07) is 12.6. The second-order valence-electron chi connectivity index (χ2n) is 16.0. The van der Waals surface area contributed by atoms with E-state index in [1.54, 1.807) is 29.0 Å². The summed E-state index contributed by atoms with van der Waals surface area (Å²) in [7, 11) is 0. The maximum absolute atomic E-state index is 12.2. The van der Waals surface area contributed by atoms with Crippen molar-refractivity contribution in [3.63, 3.8) is 0 Å². The molecule has 4 heterocycles. The van der Waals surface area contributed by atoms with Gasteiger partial charge in [-0.05, 0) is 77.1 Å². The van der Waals surface area contributed by atoms with Gasteiger partial charge in [0.25, 0.3) is 0 Å². The van der Waals surface area contributed by atoms with Gasteiger partial charge in [0.1, 0.15) is 28.3 Å². The third-order valence-electron chi connectivity index (χ3n) is 11.2. The zero-order valence-electron chi connectivity index (χ0n) is 33.0. The second kappa shape index (κ2) is 16.2. The van der Waals surface area contributed by atoms with Crippen molar-refractivity contribution in [3.8, 4) is 11.3 Å². The van der Waals surface area contributed by atoms with Crippen LogP contribution in [0.3, 0.4) is 0 Å². The Bertz CT molecular complexity index is 2220. The molecule has 0 spiro atoms. The number of aliphatic hydroxyl groups is 1. The van der Waals surface area contributed by atoms with Crippen molar-refractivity contribution in [2.75, 3.05) is 0 Å². The van der Waals surface area contributed by atoms with E-state index in [4.69, 9.17) is 9.40 Å². The molecule has 0 aliphatic heterocycles. The number of ketones is 1. The summed E-state index contributed by atoms with van der Waals surface area (Å²) in [5.41, 5.74) is 4.96. The van der Waals surface area contributed by atoms with Gasteiger partial charge in [-0.15, -0.1) is 34.9 Å². The van der Waals surface area contributed by atoms with Gasteiger partial charge in [-0.25, -0.2) is 4.98 Å². The summed E-state index contributed by atoms with van der Waals surface area (Å²) in [5.74, 6) is 1.93. The monoisotopic (exact) mass is 916 g/mol. The van der Waals surface area contributed by atoms with Crippen LogP contribution in [0.4, 0.5) is 0 Å². The number of furan rings is 1. The average Bonchev–Trinajstić information content (AvgIpc) is 3.80. The Morgan fingerprint density at radius 3 is 2.21 bits per heavy atom. The van der Waals surface area contributed by atoms with Crippen LogP contribution in [0.2, 0.25) is 0 Å². The van der Waals surface area contributed by atoms with Gasteiger partial charge in [0.05, 0.1) is 0 Å². The van der Waals surface area contributed by atoms with Crippen LogP contribution in [-0.4, -0.2) is 20.9 Å². The molecule has 0 aliphatic rings. The molecule has 0 amide bonds.